The molecule has 5 rings (SSSR count). The van der Waals surface area contributed by atoms with Crippen LogP contribution >= 0.6 is 11.6 Å². The van der Waals surface area contributed by atoms with Gasteiger partial charge in [-0.3, -0.25) is 9.69 Å². The van der Waals surface area contributed by atoms with Crippen molar-refractivity contribution in [3.05, 3.63) is 86.4 Å². The fourth-order valence-corrected chi connectivity index (χ4v) is 5.19. The van der Waals surface area contributed by atoms with E-state index in [1.807, 2.05) is 47.1 Å². The number of hydrogen-bond acceptors (Lipinski definition) is 6. The summed E-state index contributed by atoms with van der Waals surface area (Å²) in [5.41, 5.74) is 3.57. The molecule has 2 atom stereocenters. The summed E-state index contributed by atoms with van der Waals surface area (Å²) in [5.74, 6) is 0.771. The topological polar surface area (TPSA) is 88.9 Å². The van der Waals surface area contributed by atoms with Gasteiger partial charge in [0.1, 0.15) is 0 Å². The van der Waals surface area contributed by atoms with Crippen molar-refractivity contribution in [3.63, 3.8) is 0 Å². The number of aromatic nitrogens is 5. The number of halogens is 1. The second-order valence-electron chi connectivity index (χ2n) is 9.49. The molecule has 1 saturated heterocycles. The molecule has 3 heterocycles. The maximum Gasteiger partial charge on any atom is 0.252 e. The Hall–Kier alpha value is -3.07. The van der Waals surface area contributed by atoms with Gasteiger partial charge in [0.25, 0.3) is 5.56 Å². The van der Waals surface area contributed by atoms with Gasteiger partial charge in [-0.2, -0.15) is 0 Å². The molecule has 2 aromatic carbocycles. The zero-order valence-corrected chi connectivity index (χ0v) is 21.4. The summed E-state index contributed by atoms with van der Waals surface area (Å²) in [7, 11) is 0. The van der Waals surface area contributed by atoms with Gasteiger partial charge in [-0.15, -0.1) is 5.10 Å². The quantitative estimate of drug-likeness (QED) is 0.350. The smallest absolute Gasteiger partial charge is 0.252 e. The van der Waals surface area contributed by atoms with E-state index in [0.29, 0.717) is 30.2 Å². The molecule has 1 aliphatic rings. The lowest BCUT2D eigenvalue weighted by molar-refractivity contribution is 0.0888. The molecule has 188 valence electrons. The molecular formula is C27H31ClN6O2. The summed E-state index contributed by atoms with van der Waals surface area (Å²) >= 11 is 6.56. The molecule has 0 spiro atoms. The third-order valence-electron chi connectivity index (χ3n) is 6.87. The summed E-state index contributed by atoms with van der Waals surface area (Å²) in [6, 6.07) is 15.7. The number of benzene rings is 2. The van der Waals surface area contributed by atoms with Crippen LogP contribution in [0.25, 0.3) is 10.9 Å². The Morgan fingerprint density at radius 3 is 2.81 bits per heavy atom. The Kier molecular flexibility index (Phi) is 7.46. The minimum atomic E-state index is -0.120. The van der Waals surface area contributed by atoms with Crippen molar-refractivity contribution in [2.24, 2.45) is 0 Å². The molecule has 1 fully saturated rings. The molecule has 2 aromatic heterocycles. The summed E-state index contributed by atoms with van der Waals surface area (Å²) in [6.45, 7) is 6.54. The maximum absolute atomic E-state index is 13.1. The Morgan fingerprint density at radius 1 is 1.19 bits per heavy atom. The Bertz CT molecular complexity index is 1390. The molecule has 36 heavy (non-hydrogen) atoms. The Balaban J connectivity index is 1.52. The van der Waals surface area contributed by atoms with Crippen LogP contribution in [0.15, 0.2) is 53.3 Å². The molecule has 0 radical (unpaired) electrons. The van der Waals surface area contributed by atoms with Gasteiger partial charge >= 0.3 is 0 Å². The summed E-state index contributed by atoms with van der Waals surface area (Å²) in [4.78, 5) is 18.4. The number of hydrogen-bond donors (Lipinski definition) is 1. The number of ether oxygens (including phenoxy) is 1. The summed E-state index contributed by atoms with van der Waals surface area (Å²) in [5, 5.41) is 14.4. The fourth-order valence-electron chi connectivity index (χ4n) is 4.99. The van der Waals surface area contributed by atoms with Gasteiger partial charge in [-0.25, -0.2) is 4.68 Å². The molecular weight excluding hydrogens is 476 g/mol. The van der Waals surface area contributed by atoms with E-state index in [1.54, 1.807) is 0 Å². The molecule has 0 bridgehead atoms. The van der Waals surface area contributed by atoms with Gasteiger partial charge in [-0.1, -0.05) is 48.4 Å². The average molecular weight is 507 g/mol. The van der Waals surface area contributed by atoms with Crippen molar-refractivity contribution in [2.45, 2.75) is 64.9 Å². The van der Waals surface area contributed by atoms with E-state index in [2.05, 4.69) is 45.3 Å². The first-order valence-corrected chi connectivity index (χ1v) is 12.9. The molecule has 0 unspecified atom stereocenters. The Morgan fingerprint density at radius 2 is 2.03 bits per heavy atom. The number of fused-ring (bicyclic) bond motifs is 1. The zero-order valence-electron chi connectivity index (χ0n) is 20.7. The first-order chi connectivity index (χ1) is 17.5. The lowest BCUT2D eigenvalue weighted by atomic mass is 10.1. The van der Waals surface area contributed by atoms with Gasteiger partial charge < -0.3 is 9.72 Å². The van der Waals surface area contributed by atoms with Crippen LogP contribution in [0.3, 0.4) is 0 Å². The molecule has 0 aliphatic carbocycles. The fraction of sp³-hybridized carbons (Fsp3) is 0.407. The second kappa shape index (κ2) is 10.9. The highest BCUT2D eigenvalue weighted by Crippen LogP contribution is 2.29. The van der Waals surface area contributed by atoms with E-state index in [4.69, 9.17) is 16.3 Å². The van der Waals surface area contributed by atoms with Crippen LogP contribution in [-0.2, 0) is 24.4 Å². The molecule has 4 aromatic rings. The van der Waals surface area contributed by atoms with Crippen LogP contribution in [0.5, 0.6) is 0 Å². The van der Waals surface area contributed by atoms with E-state index in [0.717, 1.165) is 53.7 Å². The lowest BCUT2D eigenvalue weighted by Crippen LogP contribution is -2.33. The first-order valence-electron chi connectivity index (χ1n) is 12.5. The monoisotopic (exact) mass is 506 g/mol. The van der Waals surface area contributed by atoms with Crippen LogP contribution in [0.1, 0.15) is 54.7 Å². The van der Waals surface area contributed by atoms with Crippen molar-refractivity contribution in [1.29, 1.82) is 0 Å². The number of tetrazole rings is 1. The number of nitrogens with zero attached hydrogens (tertiary/aromatic N) is 5. The molecule has 0 amide bonds. The van der Waals surface area contributed by atoms with E-state index in [1.165, 1.54) is 0 Å². The molecule has 1 aliphatic heterocycles. The molecule has 9 heteroatoms. The normalized spacial score (nSPS) is 16.7. The van der Waals surface area contributed by atoms with Crippen molar-refractivity contribution < 1.29 is 4.74 Å². The predicted molar refractivity (Wildman–Crippen MR) is 140 cm³/mol. The largest absolute Gasteiger partial charge is 0.376 e. The Labute approximate surface area is 215 Å². The van der Waals surface area contributed by atoms with Crippen molar-refractivity contribution in [1.82, 2.24) is 30.1 Å². The number of H-pyrrole nitrogens is 1. The van der Waals surface area contributed by atoms with E-state index >= 15 is 0 Å². The number of pyridine rings is 1. The van der Waals surface area contributed by atoms with Crippen LogP contribution in [0.4, 0.5) is 0 Å². The van der Waals surface area contributed by atoms with Crippen LogP contribution in [-0.4, -0.2) is 42.8 Å². The highest BCUT2D eigenvalue weighted by Gasteiger charge is 2.28. The number of rotatable bonds is 9. The number of aryl methyl sites for hydroxylation is 1. The zero-order chi connectivity index (χ0) is 25.1. The van der Waals surface area contributed by atoms with Crippen molar-refractivity contribution in [2.75, 3.05) is 6.61 Å². The van der Waals surface area contributed by atoms with Crippen molar-refractivity contribution >= 4 is 22.5 Å². The van der Waals surface area contributed by atoms with Crippen LogP contribution in [0.2, 0.25) is 5.02 Å². The standard InChI is InChI=1S/C27H31ClN6O2/c1-3-25(26-30-31-32-34(26)17-22-8-6-12-36-22)33(15-19-7-4-5-9-23(19)28)16-21-14-20-13-18(2)10-11-24(20)29-27(21)35/h4-5,7,9-11,13-14,22,25H,3,6,8,12,15-17H2,1-2H3,(H,29,35)/t22-,25+/m1/s1. The number of nitrogens with one attached hydrogen (secondary N) is 1. The minimum Gasteiger partial charge on any atom is -0.376 e. The maximum atomic E-state index is 13.1. The lowest BCUT2D eigenvalue weighted by Gasteiger charge is -2.30. The van der Waals surface area contributed by atoms with Gasteiger partial charge in [-0.05, 0) is 71.8 Å². The summed E-state index contributed by atoms with van der Waals surface area (Å²) in [6.07, 6.45) is 2.95. The van der Waals surface area contributed by atoms with Gasteiger partial charge in [0.15, 0.2) is 5.82 Å². The van der Waals surface area contributed by atoms with E-state index in [-0.39, 0.29) is 17.7 Å². The van der Waals surface area contributed by atoms with E-state index < -0.39 is 0 Å². The third kappa shape index (κ3) is 5.36. The van der Waals surface area contributed by atoms with Gasteiger partial charge in [0, 0.05) is 35.8 Å². The second-order valence-corrected chi connectivity index (χ2v) is 9.90. The first kappa shape index (κ1) is 24.6. The highest BCUT2D eigenvalue weighted by molar-refractivity contribution is 6.31. The predicted octanol–water partition coefficient (Wildman–Crippen LogP) is 4.81. The third-order valence-corrected chi connectivity index (χ3v) is 7.24. The molecule has 1 N–H and O–H groups in total. The van der Waals surface area contributed by atoms with Gasteiger partial charge in [0.05, 0.1) is 18.7 Å². The summed E-state index contributed by atoms with van der Waals surface area (Å²) < 4.78 is 7.69. The number of aromatic amines is 1. The molecule has 8 nitrogen and oxygen atoms in total. The van der Waals surface area contributed by atoms with Crippen LogP contribution in [0, 0.1) is 6.92 Å². The molecule has 0 saturated carbocycles. The van der Waals surface area contributed by atoms with E-state index in [9.17, 15) is 4.79 Å². The van der Waals surface area contributed by atoms with Crippen LogP contribution < -0.4 is 5.56 Å². The minimum absolute atomic E-state index is 0.0932. The highest BCUT2D eigenvalue weighted by atomic mass is 35.5. The average Bonchev–Trinajstić information content (AvgIpc) is 3.55. The SMILES string of the molecule is CC[C@@H](c1nnnn1C[C@H]1CCCO1)N(Cc1ccccc1Cl)Cc1cc2cc(C)ccc2[nH]c1=O. The van der Waals surface area contributed by atoms with Crippen molar-refractivity contribution in [3.8, 4) is 0 Å². The van der Waals surface area contributed by atoms with Gasteiger partial charge in [0.2, 0.25) is 0 Å².